The number of amides is 2. The molecule has 2 amide bonds. The Morgan fingerprint density at radius 3 is 2.72 bits per heavy atom. The van der Waals surface area contributed by atoms with E-state index in [0.717, 1.165) is 5.56 Å². The van der Waals surface area contributed by atoms with E-state index in [2.05, 4.69) is 36.0 Å². The molecule has 3 heterocycles. The number of urea groups is 1. The molecular formula is C18H21N9O5. The van der Waals surface area contributed by atoms with Crippen LogP contribution in [0.2, 0.25) is 0 Å². The number of rotatable bonds is 6. The predicted octanol–water partition coefficient (Wildman–Crippen LogP) is -0.482. The quantitative estimate of drug-likeness (QED) is 0.214. The Labute approximate surface area is 180 Å². The smallest absolute Gasteiger partial charge is 0.336 e. The van der Waals surface area contributed by atoms with Crippen LogP contribution in [0.15, 0.2) is 47.0 Å². The zero-order chi connectivity index (χ0) is 22.7. The number of nitrogens with one attached hydrogen (secondary N) is 2. The van der Waals surface area contributed by atoms with E-state index in [1.807, 2.05) is 30.3 Å². The second-order valence-electron chi connectivity index (χ2n) is 6.94. The molecule has 168 valence electrons. The van der Waals surface area contributed by atoms with Gasteiger partial charge in [-0.05, 0) is 5.56 Å². The molecule has 1 aliphatic heterocycles. The summed E-state index contributed by atoms with van der Waals surface area (Å²) in [5.41, 5.74) is 9.40. The monoisotopic (exact) mass is 443 g/mol. The fourth-order valence-electron chi connectivity index (χ4n) is 3.20. The Balaban J connectivity index is 1.47. The van der Waals surface area contributed by atoms with Crippen LogP contribution in [0.1, 0.15) is 11.8 Å². The molecule has 1 aliphatic rings. The number of nitrogen functional groups attached to an aromatic ring is 1. The Bertz CT molecular complexity index is 1120. The number of anilines is 1. The van der Waals surface area contributed by atoms with Crippen LogP contribution in [0.25, 0.3) is 11.2 Å². The number of carbonyl (C=O) groups excluding carboxylic acids is 1. The fraction of sp³-hybridized carbons (Fsp3) is 0.333. The van der Waals surface area contributed by atoms with E-state index < -0.39 is 37.2 Å². The van der Waals surface area contributed by atoms with Crippen molar-refractivity contribution in [3.8, 4) is 0 Å². The van der Waals surface area contributed by atoms with Crippen molar-refractivity contribution in [3.05, 3.63) is 42.2 Å². The zero-order valence-electron chi connectivity index (χ0n) is 16.6. The molecule has 14 nitrogen and oxygen atoms in total. The van der Waals surface area contributed by atoms with Crippen molar-refractivity contribution in [2.75, 3.05) is 12.3 Å². The highest BCUT2D eigenvalue weighted by Crippen LogP contribution is 2.32. The highest BCUT2D eigenvalue weighted by atomic mass is 16.6. The van der Waals surface area contributed by atoms with Gasteiger partial charge in [0.1, 0.15) is 23.8 Å². The molecule has 0 spiro atoms. The first kappa shape index (κ1) is 21.5. The molecule has 0 unspecified atom stereocenters. The standard InChI is InChI=1S/C18H21N9O5/c19-14-11-15(27(8-21-11)16-13(30)12(29)10(7-28)32-16)23-17(22-14)24-26-25-18(31)20-6-9-4-2-1-3-5-9/h1-5,8,10,12-13,16,28-30H,6-7H2,(H4,19,20,22,23,24,25,31)/t10-,12-,13-,16-/m1/s1. The molecule has 1 fully saturated rings. The third kappa shape index (κ3) is 4.33. The van der Waals surface area contributed by atoms with Gasteiger partial charge in [-0.1, -0.05) is 40.7 Å². The van der Waals surface area contributed by atoms with Crippen molar-refractivity contribution in [1.29, 1.82) is 0 Å². The lowest BCUT2D eigenvalue weighted by Gasteiger charge is -2.16. The average Bonchev–Trinajstić information content (AvgIpc) is 3.34. The largest absolute Gasteiger partial charge is 0.394 e. The maximum atomic E-state index is 11.9. The van der Waals surface area contributed by atoms with Gasteiger partial charge in [-0.3, -0.25) is 4.57 Å². The minimum Gasteiger partial charge on any atom is -0.394 e. The van der Waals surface area contributed by atoms with Crippen molar-refractivity contribution in [2.24, 2.45) is 10.3 Å². The van der Waals surface area contributed by atoms with Crippen molar-refractivity contribution in [2.45, 2.75) is 31.1 Å². The van der Waals surface area contributed by atoms with Gasteiger partial charge in [-0.25, -0.2) is 15.2 Å². The summed E-state index contributed by atoms with van der Waals surface area (Å²) in [7, 11) is 0. The average molecular weight is 443 g/mol. The zero-order valence-corrected chi connectivity index (χ0v) is 16.6. The number of fused-ring (bicyclic) bond motifs is 1. The molecule has 2 aromatic heterocycles. The van der Waals surface area contributed by atoms with Crippen molar-refractivity contribution in [3.63, 3.8) is 0 Å². The molecule has 4 rings (SSSR count). The summed E-state index contributed by atoms with van der Waals surface area (Å²) in [4.78, 5) is 24.1. The lowest BCUT2D eigenvalue weighted by Crippen LogP contribution is -2.33. The molecule has 7 N–H and O–H groups in total. The number of benzene rings is 1. The molecule has 32 heavy (non-hydrogen) atoms. The maximum Gasteiger partial charge on any atom is 0.336 e. The molecule has 14 heteroatoms. The summed E-state index contributed by atoms with van der Waals surface area (Å²) >= 11 is 0. The first-order chi connectivity index (χ1) is 15.5. The lowest BCUT2D eigenvalue weighted by atomic mass is 10.1. The third-order valence-electron chi connectivity index (χ3n) is 4.81. The normalized spacial score (nSPS) is 23.1. The van der Waals surface area contributed by atoms with E-state index in [0.29, 0.717) is 6.54 Å². The Kier molecular flexibility index (Phi) is 6.18. The first-order valence-corrected chi connectivity index (χ1v) is 9.59. The highest BCUT2D eigenvalue weighted by Gasteiger charge is 2.44. The second kappa shape index (κ2) is 9.19. The second-order valence-corrected chi connectivity index (χ2v) is 6.94. The predicted molar refractivity (Wildman–Crippen MR) is 109 cm³/mol. The number of ether oxygens (including phenoxy) is 1. The van der Waals surface area contributed by atoms with E-state index >= 15 is 0 Å². The molecule has 4 atom stereocenters. The van der Waals surface area contributed by atoms with Crippen molar-refractivity contribution >= 4 is 29.0 Å². The van der Waals surface area contributed by atoms with Crippen LogP contribution in [-0.2, 0) is 11.3 Å². The van der Waals surface area contributed by atoms with Crippen molar-refractivity contribution in [1.82, 2.24) is 30.3 Å². The van der Waals surface area contributed by atoms with Gasteiger partial charge in [0, 0.05) is 6.54 Å². The van der Waals surface area contributed by atoms with Crippen molar-refractivity contribution < 1.29 is 24.9 Å². The van der Waals surface area contributed by atoms with Gasteiger partial charge in [0.05, 0.1) is 12.9 Å². The molecule has 1 aromatic carbocycles. The molecule has 0 aliphatic carbocycles. The number of carbonyl (C=O) groups is 1. The van der Waals surface area contributed by atoms with Gasteiger partial charge in [0.2, 0.25) is 0 Å². The summed E-state index contributed by atoms with van der Waals surface area (Å²) in [5.74, 6) is -0.185. The summed E-state index contributed by atoms with van der Waals surface area (Å²) < 4.78 is 6.84. The number of hydrogen-bond acceptors (Lipinski definition) is 11. The van der Waals surface area contributed by atoms with Crippen LogP contribution in [0, 0.1) is 0 Å². The Morgan fingerprint density at radius 1 is 1.22 bits per heavy atom. The summed E-state index contributed by atoms with van der Waals surface area (Å²) in [6.07, 6.45) is -3.34. The Hall–Kier alpha value is -3.72. The van der Waals surface area contributed by atoms with E-state index in [1.165, 1.54) is 10.9 Å². The minimum atomic E-state index is -1.33. The number of hydrogen-bond donors (Lipinski definition) is 6. The summed E-state index contributed by atoms with van der Waals surface area (Å²) in [6.45, 7) is -0.170. The molecular weight excluding hydrogens is 422 g/mol. The van der Waals surface area contributed by atoms with Gasteiger partial charge < -0.3 is 31.1 Å². The number of aliphatic hydroxyl groups excluding tert-OH is 3. The van der Waals surface area contributed by atoms with Crippen LogP contribution in [-0.4, -0.2) is 65.8 Å². The van der Waals surface area contributed by atoms with E-state index in [1.54, 1.807) is 0 Å². The van der Waals surface area contributed by atoms with Gasteiger partial charge >= 0.3 is 6.03 Å². The van der Waals surface area contributed by atoms with E-state index in [-0.39, 0.29) is 22.9 Å². The lowest BCUT2D eigenvalue weighted by molar-refractivity contribution is -0.0511. The number of aromatic nitrogens is 4. The van der Waals surface area contributed by atoms with Crippen LogP contribution in [0.4, 0.5) is 16.6 Å². The topological polar surface area (TPSA) is 205 Å². The van der Waals surface area contributed by atoms with Gasteiger partial charge in [-0.2, -0.15) is 9.97 Å². The first-order valence-electron chi connectivity index (χ1n) is 9.59. The molecule has 3 aromatic rings. The molecule has 0 saturated carbocycles. The molecule has 1 saturated heterocycles. The molecule has 0 radical (unpaired) electrons. The highest BCUT2D eigenvalue weighted by molar-refractivity contribution is 5.82. The summed E-state index contributed by atoms with van der Waals surface area (Å²) in [6, 6.07) is 8.74. The van der Waals surface area contributed by atoms with Crippen LogP contribution >= 0.6 is 0 Å². The molecule has 0 bridgehead atoms. The van der Waals surface area contributed by atoms with Crippen LogP contribution in [0.3, 0.4) is 0 Å². The fourth-order valence-corrected chi connectivity index (χ4v) is 3.20. The van der Waals surface area contributed by atoms with Gasteiger partial charge in [0.25, 0.3) is 5.95 Å². The van der Waals surface area contributed by atoms with Crippen LogP contribution < -0.4 is 16.5 Å². The maximum absolute atomic E-state index is 11.9. The Morgan fingerprint density at radius 2 is 2.00 bits per heavy atom. The number of aliphatic hydroxyl groups is 3. The SMILES string of the molecule is Nc1nc(/N=N/NC(=O)NCc2ccccc2)nc2c1ncn2[C@@H]1O[C@H](CO)[C@@H](O)[C@H]1O. The minimum absolute atomic E-state index is 0.0111. The number of nitrogens with zero attached hydrogens (tertiary/aromatic N) is 6. The van der Waals surface area contributed by atoms with Gasteiger partial charge in [0.15, 0.2) is 17.7 Å². The number of nitrogens with two attached hydrogens (primary N) is 1. The summed E-state index contributed by atoms with van der Waals surface area (Å²) in [5, 5.41) is 39.4. The van der Waals surface area contributed by atoms with E-state index in [4.69, 9.17) is 10.5 Å². The third-order valence-corrected chi connectivity index (χ3v) is 4.81. The van der Waals surface area contributed by atoms with E-state index in [9.17, 15) is 20.1 Å². The number of imidazole rings is 1. The van der Waals surface area contributed by atoms with Gasteiger partial charge in [-0.15, -0.1) is 0 Å². The van der Waals surface area contributed by atoms with Crippen LogP contribution in [0.5, 0.6) is 0 Å².